The van der Waals surface area contributed by atoms with Gasteiger partial charge >= 0.3 is 0 Å². The highest BCUT2D eigenvalue weighted by Crippen LogP contribution is 2.21. The van der Waals surface area contributed by atoms with Crippen LogP contribution in [-0.2, 0) is 4.74 Å². The molecule has 0 aromatic heterocycles. The Morgan fingerprint density at radius 3 is 2.68 bits per heavy atom. The van der Waals surface area contributed by atoms with Crippen molar-refractivity contribution in [1.82, 2.24) is 4.90 Å². The van der Waals surface area contributed by atoms with E-state index < -0.39 is 0 Å². The zero-order valence-corrected chi connectivity index (χ0v) is 11.9. The fraction of sp³-hybridized carbons (Fsp3) is 0.533. The standard InChI is InChI=1S/C15H22N2O2/c1-11-4-5-14(16-2)13(10-11)15(18)17(3)12-6-8-19-9-7-12/h4-5,10,12,16H,6-9H2,1-3H3. The van der Waals surface area contributed by atoms with Crippen molar-refractivity contribution in [3.8, 4) is 0 Å². The first kappa shape index (κ1) is 13.9. The predicted molar refractivity (Wildman–Crippen MR) is 76.7 cm³/mol. The molecular weight excluding hydrogens is 240 g/mol. The van der Waals surface area contributed by atoms with Gasteiger partial charge in [0, 0.05) is 39.0 Å². The Kier molecular flexibility index (Phi) is 4.43. The second kappa shape index (κ2) is 6.06. The second-order valence-corrected chi connectivity index (χ2v) is 5.06. The van der Waals surface area contributed by atoms with Gasteiger partial charge in [-0.15, -0.1) is 0 Å². The van der Waals surface area contributed by atoms with E-state index in [2.05, 4.69) is 5.32 Å². The molecule has 19 heavy (non-hydrogen) atoms. The van der Waals surface area contributed by atoms with Crippen LogP contribution >= 0.6 is 0 Å². The number of aryl methyl sites for hydroxylation is 1. The maximum absolute atomic E-state index is 12.6. The van der Waals surface area contributed by atoms with Gasteiger partial charge in [0.15, 0.2) is 0 Å². The summed E-state index contributed by atoms with van der Waals surface area (Å²) in [6, 6.07) is 6.20. The molecule has 1 aromatic rings. The fourth-order valence-corrected chi connectivity index (χ4v) is 2.48. The summed E-state index contributed by atoms with van der Waals surface area (Å²) in [7, 11) is 3.73. The number of carbonyl (C=O) groups excluding carboxylic acids is 1. The summed E-state index contributed by atoms with van der Waals surface area (Å²) in [5, 5.41) is 3.09. The van der Waals surface area contributed by atoms with Crippen molar-refractivity contribution >= 4 is 11.6 Å². The minimum absolute atomic E-state index is 0.0833. The minimum atomic E-state index is 0.0833. The third-order valence-corrected chi connectivity index (χ3v) is 3.73. The van der Waals surface area contributed by atoms with E-state index in [9.17, 15) is 4.79 Å². The molecular formula is C15H22N2O2. The Labute approximate surface area is 114 Å². The maximum Gasteiger partial charge on any atom is 0.255 e. The molecule has 1 saturated heterocycles. The number of anilines is 1. The average Bonchev–Trinajstić information content (AvgIpc) is 2.46. The van der Waals surface area contributed by atoms with Crippen molar-refractivity contribution in [3.05, 3.63) is 29.3 Å². The zero-order valence-electron chi connectivity index (χ0n) is 11.9. The summed E-state index contributed by atoms with van der Waals surface area (Å²) < 4.78 is 5.35. The first-order valence-corrected chi connectivity index (χ1v) is 6.77. The van der Waals surface area contributed by atoms with Crippen LogP contribution in [0, 0.1) is 6.92 Å². The summed E-state index contributed by atoms with van der Waals surface area (Å²) >= 11 is 0. The molecule has 4 heteroatoms. The van der Waals surface area contributed by atoms with Crippen molar-refractivity contribution in [2.45, 2.75) is 25.8 Å². The highest BCUT2D eigenvalue weighted by atomic mass is 16.5. The first-order chi connectivity index (χ1) is 9.13. The maximum atomic E-state index is 12.6. The molecule has 1 amide bonds. The van der Waals surface area contributed by atoms with Gasteiger partial charge in [-0.3, -0.25) is 4.79 Å². The van der Waals surface area contributed by atoms with Gasteiger partial charge in [0.25, 0.3) is 5.91 Å². The molecule has 1 heterocycles. The largest absolute Gasteiger partial charge is 0.387 e. The van der Waals surface area contributed by atoms with E-state index in [0.29, 0.717) is 0 Å². The molecule has 104 valence electrons. The van der Waals surface area contributed by atoms with E-state index >= 15 is 0 Å². The predicted octanol–water partition coefficient (Wildman–Crippen LogP) is 2.29. The van der Waals surface area contributed by atoms with Crippen LogP contribution in [-0.4, -0.2) is 44.2 Å². The average molecular weight is 262 g/mol. The SMILES string of the molecule is CNc1ccc(C)cc1C(=O)N(C)C1CCOCC1. The lowest BCUT2D eigenvalue weighted by atomic mass is 10.0. The fourth-order valence-electron chi connectivity index (χ4n) is 2.48. The van der Waals surface area contributed by atoms with Gasteiger partial charge in [0.05, 0.1) is 5.56 Å². The van der Waals surface area contributed by atoms with Gasteiger partial charge in [-0.25, -0.2) is 0 Å². The molecule has 1 aliphatic rings. The Morgan fingerprint density at radius 1 is 1.37 bits per heavy atom. The van der Waals surface area contributed by atoms with Gasteiger partial charge < -0.3 is 15.0 Å². The summed E-state index contributed by atoms with van der Waals surface area (Å²) in [4.78, 5) is 14.5. The van der Waals surface area contributed by atoms with Crippen LogP contribution in [0.1, 0.15) is 28.8 Å². The van der Waals surface area contributed by atoms with Crippen molar-refractivity contribution in [1.29, 1.82) is 0 Å². The van der Waals surface area contributed by atoms with E-state index in [4.69, 9.17) is 4.74 Å². The molecule has 0 bridgehead atoms. The van der Waals surface area contributed by atoms with E-state index in [0.717, 1.165) is 42.9 Å². The van der Waals surface area contributed by atoms with Gasteiger partial charge in [-0.1, -0.05) is 11.6 Å². The molecule has 0 spiro atoms. The molecule has 2 rings (SSSR count). The quantitative estimate of drug-likeness (QED) is 0.908. The van der Waals surface area contributed by atoms with E-state index in [1.807, 2.05) is 44.1 Å². The van der Waals surface area contributed by atoms with Gasteiger partial charge in [-0.2, -0.15) is 0 Å². The number of nitrogens with one attached hydrogen (secondary N) is 1. The Morgan fingerprint density at radius 2 is 2.05 bits per heavy atom. The number of amides is 1. The smallest absolute Gasteiger partial charge is 0.255 e. The number of ether oxygens (including phenoxy) is 1. The Bertz CT molecular complexity index is 453. The topological polar surface area (TPSA) is 41.6 Å². The lowest BCUT2D eigenvalue weighted by Gasteiger charge is -2.31. The van der Waals surface area contributed by atoms with Crippen LogP contribution in [0.2, 0.25) is 0 Å². The van der Waals surface area contributed by atoms with Crippen LogP contribution < -0.4 is 5.32 Å². The molecule has 1 N–H and O–H groups in total. The van der Waals surface area contributed by atoms with Gasteiger partial charge in [-0.05, 0) is 31.9 Å². The third kappa shape index (κ3) is 3.07. The van der Waals surface area contributed by atoms with Gasteiger partial charge in [0.1, 0.15) is 0 Å². The molecule has 0 radical (unpaired) electrons. The summed E-state index contributed by atoms with van der Waals surface area (Å²) in [6.45, 7) is 3.49. The molecule has 0 unspecified atom stereocenters. The first-order valence-electron chi connectivity index (χ1n) is 6.77. The van der Waals surface area contributed by atoms with E-state index in [1.54, 1.807) is 0 Å². The molecule has 0 aliphatic carbocycles. The highest BCUT2D eigenvalue weighted by Gasteiger charge is 2.24. The summed E-state index contributed by atoms with van der Waals surface area (Å²) in [5.41, 5.74) is 2.73. The molecule has 1 aliphatic heterocycles. The summed E-state index contributed by atoms with van der Waals surface area (Å²) in [6.07, 6.45) is 1.84. The number of nitrogens with zero attached hydrogens (tertiary/aromatic N) is 1. The van der Waals surface area contributed by atoms with Gasteiger partial charge in [0.2, 0.25) is 0 Å². The number of hydrogen-bond donors (Lipinski definition) is 1. The number of rotatable bonds is 3. The normalized spacial score (nSPS) is 16.2. The number of benzene rings is 1. The van der Waals surface area contributed by atoms with Crippen LogP contribution in [0.25, 0.3) is 0 Å². The monoisotopic (exact) mass is 262 g/mol. The molecule has 1 aromatic carbocycles. The second-order valence-electron chi connectivity index (χ2n) is 5.06. The van der Waals surface area contributed by atoms with Crippen molar-refractivity contribution in [2.24, 2.45) is 0 Å². The van der Waals surface area contributed by atoms with Crippen molar-refractivity contribution in [2.75, 3.05) is 32.6 Å². The highest BCUT2D eigenvalue weighted by molar-refractivity contribution is 5.99. The molecule has 1 fully saturated rings. The lowest BCUT2D eigenvalue weighted by molar-refractivity contribution is 0.0362. The van der Waals surface area contributed by atoms with E-state index in [1.165, 1.54) is 0 Å². The Hall–Kier alpha value is -1.55. The van der Waals surface area contributed by atoms with Crippen molar-refractivity contribution < 1.29 is 9.53 Å². The third-order valence-electron chi connectivity index (χ3n) is 3.73. The number of carbonyl (C=O) groups is 1. The minimum Gasteiger partial charge on any atom is -0.387 e. The van der Waals surface area contributed by atoms with Crippen LogP contribution in [0.4, 0.5) is 5.69 Å². The van der Waals surface area contributed by atoms with Crippen LogP contribution in [0.15, 0.2) is 18.2 Å². The lowest BCUT2D eigenvalue weighted by Crippen LogP contribution is -2.40. The Balaban J connectivity index is 2.20. The molecule has 4 nitrogen and oxygen atoms in total. The molecule has 0 saturated carbocycles. The summed E-state index contributed by atoms with van der Waals surface area (Å²) in [5.74, 6) is 0.0833. The molecule has 0 atom stereocenters. The van der Waals surface area contributed by atoms with Crippen LogP contribution in [0.5, 0.6) is 0 Å². The van der Waals surface area contributed by atoms with Crippen LogP contribution in [0.3, 0.4) is 0 Å². The zero-order chi connectivity index (χ0) is 13.8. The van der Waals surface area contributed by atoms with Crippen molar-refractivity contribution in [3.63, 3.8) is 0 Å². The number of hydrogen-bond acceptors (Lipinski definition) is 3. The van der Waals surface area contributed by atoms with E-state index in [-0.39, 0.29) is 11.9 Å².